The number of aromatic nitrogens is 4. The van der Waals surface area contributed by atoms with Gasteiger partial charge in [-0.25, -0.2) is 9.97 Å². The van der Waals surface area contributed by atoms with E-state index in [2.05, 4.69) is 32.2 Å². The minimum atomic E-state index is 0.668. The van der Waals surface area contributed by atoms with Crippen molar-refractivity contribution in [1.82, 2.24) is 18.9 Å². The fraction of sp³-hybridized carbons (Fsp3) is 0.0526. The number of aryl methyl sites for hydroxylation is 1. The van der Waals surface area contributed by atoms with E-state index in [9.17, 15) is 0 Å². The van der Waals surface area contributed by atoms with Gasteiger partial charge < -0.3 is 8.98 Å². The molecule has 0 spiro atoms. The van der Waals surface area contributed by atoms with Crippen LogP contribution in [-0.4, -0.2) is 18.9 Å². The van der Waals surface area contributed by atoms with Crippen LogP contribution in [0.1, 0.15) is 0 Å². The highest BCUT2D eigenvalue weighted by Gasteiger charge is 2.19. The van der Waals surface area contributed by atoms with Gasteiger partial charge in [-0.05, 0) is 36.4 Å². The van der Waals surface area contributed by atoms with Crippen LogP contribution in [0.5, 0.6) is 0 Å². The zero-order chi connectivity index (χ0) is 15.8. The van der Waals surface area contributed by atoms with Gasteiger partial charge in [0.05, 0.1) is 16.6 Å². The predicted molar refractivity (Wildman–Crippen MR) is 94.2 cm³/mol. The first-order valence-corrected chi connectivity index (χ1v) is 7.85. The summed E-state index contributed by atoms with van der Waals surface area (Å²) in [6.07, 6.45) is 1.76. The molecule has 0 aliphatic carbocycles. The number of imidazole rings is 2. The molecule has 4 heterocycles. The summed E-state index contributed by atoms with van der Waals surface area (Å²) >= 11 is 0. The molecule has 6 rings (SSSR count). The number of hydrogen-bond donors (Lipinski definition) is 0. The summed E-state index contributed by atoms with van der Waals surface area (Å²) < 4.78 is 10.4. The molecule has 0 fully saturated rings. The zero-order valence-electron chi connectivity index (χ0n) is 12.9. The Labute approximate surface area is 135 Å². The van der Waals surface area contributed by atoms with Gasteiger partial charge in [0, 0.05) is 24.0 Å². The lowest BCUT2D eigenvalue weighted by Crippen LogP contribution is -1.87. The number of rotatable bonds is 0. The largest absolute Gasteiger partial charge is 0.435 e. The molecule has 0 saturated carbocycles. The summed E-state index contributed by atoms with van der Waals surface area (Å²) in [7, 11) is 2.04. The molecule has 0 radical (unpaired) electrons. The minimum absolute atomic E-state index is 0.668. The maximum absolute atomic E-state index is 6.13. The Balaban J connectivity index is 1.99. The molecule has 0 aliphatic heterocycles. The van der Waals surface area contributed by atoms with Crippen molar-refractivity contribution < 1.29 is 4.42 Å². The van der Waals surface area contributed by atoms with Gasteiger partial charge in [0.2, 0.25) is 11.5 Å². The third-order valence-corrected chi connectivity index (χ3v) is 4.80. The van der Waals surface area contributed by atoms with Crippen molar-refractivity contribution >= 4 is 49.9 Å². The van der Waals surface area contributed by atoms with Gasteiger partial charge in [0.25, 0.3) is 0 Å². The molecule has 0 atom stereocenters. The predicted octanol–water partition coefficient (Wildman–Crippen LogP) is 4.27. The molecule has 5 heteroatoms. The summed E-state index contributed by atoms with van der Waals surface area (Å²) in [5, 5.41) is 2.12. The molecule has 0 aliphatic rings. The number of pyridine rings is 1. The van der Waals surface area contributed by atoms with E-state index in [0.29, 0.717) is 5.71 Å². The Hall–Kier alpha value is -3.34. The third kappa shape index (κ3) is 1.27. The molecule has 4 aromatic heterocycles. The van der Waals surface area contributed by atoms with Crippen molar-refractivity contribution in [2.45, 2.75) is 0 Å². The van der Waals surface area contributed by atoms with E-state index in [0.717, 1.165) is 44.2 Å². The standard InChI is InChI=1S/C19H12N4O/c1-22-15-9-8-11-12-5-4-10-20-18(12)24-17(11)16(15)23-14-7-3-2-6-13(14)21-19(22)23/h2-10H,1H3. The lowest BCUT2D eigenvalue weighted by molar-refractivity contribution is 0.656. The summed E-state index contributed by atoms with van der Waals surface area (Å²) in [4.78, 5) is 9.15. The lowest BCUT2D eigenvalue weighted by atomic mass is 10.1. The molecule has 6 aromatic rings. The molecule has 114 valence electrons. The van der Waals surface area contributed by atoms with Crippen molar-refractivity contribution in [3.63, 3.8) is 0 Å². The highest BCUT2D eigenvalue weighted by molar-refractivity contribution is 6.14. The third-order valence-electron chi connectivity index (χ3n) is 4.80. The lowest BCUT2D eigenvalue weighted by Gasteiger charge is -1.97. The quantitative estimate of drug-likeness (QED) is 0.421. The van der Waals surface area contributed by atoms with Gasteiger partial charge in [-0.1, -0.05) is 12.1 Å². The number of para-hydroxylation sites is 2. The average molecular weight is 312 g/mol. The van der Waals surface area contributed by atoms with Crippen LogP contribution in [0.25, 0.3) is 49.9 Å². The van der Waals surface area contributed by atoms with Crippen LogP contribution >= 0.6 is 0 Å². The molecule has 0 saturated heterocycles. The molecule has 0 N–H and O–H groups in total. The minimum Gasteiger partial charge on any atom is -0.435 e. The van der Waals surface area contributed by atoms with Crippen LogP contribution in [0.15, 0.2) is 59.1 Å². The van der Waals surface area contributed by atoms with Crippen LogP contribution in [0.2, 0.25) is 0 Å². The second kappa shape index (κ2) is 3.94. The highest BCUT2D eigenvalue weighted by atomic mass is 16.3. The molecular formula is C19H12N4O. The van der Waals surface area contributed by atoms with Gasteiger partial charge in [0.15, 0.2) is 5.58 Å². The number of benzene rings is 2. The smallest absolute Gasteiger partial charge is 0.227 e. The van der Waals surface area contributed by atoms with Gasteiger partial charge in [-0.15, -0.1) is 0 Å². The number of fused-ring (bicyclic) bond motifs is 9. The van der Waals surface area contributed by atoms with Crippen LogP contribution < -0.4 is 0 Å². The second-order valence-electron chi connectivity index (χ2n) is 6.06. The Kier molecular flexibility index (Phi) is 1.99. The van der Waals surface area contributed by atoms with Crippen LogP contribution in [0.4, 0.5) is 0 Å². The molecule has 0 bridgehead atoms. The normalized spacial score (nSPS) is 12.4. The van der Waals surface area contributed by atoms with E-state index in [1.54, 1.807) is 6.20 Å². The second-order valence-corrected chi connectivity index (χ2v) is 6.06. The van der Waals surface area contributed by atoms with Crippen molar-refractivity contribution in [3.05, 3.63) is 54.7 Å². The van der Waals surface area contributed by atoms with E-state index in [1.807, 2.05) is 37.4 Å². The Morgan fingerprint density at radius 2 is 1.83 bits per heavy atom. The molecule has 0 unspecified atom stereocenters. The van der Waals surface area contributed by atoms with Crippen molar-refractivity contribution in [2.75, 3.05) is 0 Å². The maximum atomic E-state index is 6.13. The van der Waals surface area contributed by atoms with Crippen LogP contribution in [0, 0.1) is 0 Å². The zero-order valence-corrected chi connectivity index (χ0v) is 12.9. The summed E-state index contributed by atoms with van der Waals surface area (Å²) in [5.41, 5.74) is 5.72. The topological polar surface area (TPSA) is 48.3 Å². The van der Waals surface area contributed by atoms with E-state index in [-0.39, 0.29) is 0 Å². The van der Waals surface area contributed by atoms with Crippen molar-refractivity contribution in [3.8, 4) is 0 Å². The van der Waals surface area contributed by atoms with Gasteiger partial charge in [-0.2, -0.15) is 0 Å². The van der Waals surface area contributed by atoms with E-state index >= 15 is 0 Å². The fourth-order valence-electron chi connectivity index (χ4n) is 3.70. The van der Waals surface area contributed by atoms with Gasteiger partial charge in [-0.3, -0.25) is 4.40 Å². The maximum Gasteiger partial charge on any atom is 0.227 e. The van der Waals surface area contributed by atoms with E-state index < -0.39 is 0 Å². The Morgan fingerprint density at radius 1 is 0.917 bits per heavy atom. The molecule has 2 aromatic carbocycles. The monoisotopic (exact) mass is 312 g/mol. The van der Waals surface area contributed by atoms with Gasteiger partial charge in [0.1, 0.15) is 5.52 Å². The molecule has 0 amide bonds. The first-order valence-electron chi connectivity index (χ1n) is 7.85. The van der Waals surface area contributed by atoms with Crippen molar-refractivity contribution in [2.24, 2.45) is 7.05 Å². The first-order chi connectivity index (χ1) is 11.8. The summed E-state index contributed by atoms with van der Waals surface area (Å²) in [6, 6.07) is 16.4. The molecule has 24 heavy (non-hydrogen) atoms. The first kappa shape index (κ1) is 12.1. The molecule has 5 nitrogen and oxygen atoms in total. The number of hydrogen-bond acceptors (Lipinski definition) is 3. The van der Waals surface area contributed by atoms with E-state index in [1.165, 1.54) is 0 Å². The average Bonchev–Trinajstić information content (AvgIpc) is 3.25. The summed E-state index contributed by atoms with van der Waals surface area (Å²) in [6.45, 7) is 0. The van der Waals surface area contributed by atoms with Crippen molar-refractivity contribution in [1.29, 1.82) is 0 Å². The SMILES string of the molecule is Cn1c2ccc3c4cccnc4oc3c2n2c3ccccc3nc12. The fourth-order valence-corrected chi connectivity index (χ4v) is 3.70. The molecular weight excluding hydrogens is 300 g/mol. The van der Waals surface area contributed by atoms with E-state index in [4.69, 9.17) is 9.40 Å². The Morgan fingerprint density at radius 3 is 2.79 bits per heavy atom. The van der Waals surface area contributed by atoms with Gasteiger partial charge >= 0.3 is 0 Å². The van der Waals surface area contributed by atoms with Crippen LogP contribution in [-0.2, 0) is 7.05 Å². The summed E-state index contributed by atoms with van der Waals surface area (Å²) in [5.74, 6) is 0.909. The van der Waals surface area contributed by atoms with Crippen LogP contribution in [0.3, 0.4) is 0 Å². The number of furan rings is 1. The highest BCUT2D eigenvalue weighted by Crippen LogP contribution is 2.35. The Bertz CT molecular complexity index is 1420. The number of nitrogens with zero attached hydrogens (tertiary/aromatic N) is 4.